The molecule has 5 rings (SSSR count). The summed E-state index contributed by atoms with van der Waals surface area (Å²) in [6.07, 6.45) is 6.63. The number of amides is 2. The number of esters is 1. The first-order valence-electron chi connectivity index (χ1n) is 16.5. The molecule has 3 aliphatic heterocycles. The maximum absolute atomic E-state index is 15.2. The molecule has 0 aliphatic carbocycles. The summed E-state index contributed by atoms with van der Waals surface area (Å²) in [4.78, 5) is 47.1. The molecule has 7 atom stereocenters. The van der Waals surface area contributed by atoms with Gasteiger partial charge in [0.05, 0.1) is 30.8 Å². The van der Waals surface area contributed by atoms with Gasteiger partial charge in [0.1, 0.15) is 17.6 Å². The van der Waals surface area contributed by atoms with Crippen molar-refractivity contribution in [2.24, 2.45) is 17.8 Å². The number of fused-ring (bicyclic) bond motifs is 1. The summed E-state index contributed by atoms with van der Waals surface area (Å²) >= 11 is 0. The van der Waals surface area contributed by atoms with E-state index < -0.39 is 41.1 Å². The van der Waals surface area contributed by atoms with Crippen LogP contribution in [0.25, 0.3) is 0 Å². The quantitative estimate of drug-likeness (QED) is 0.173. The van der Waals surface area contributed by atoms with Gasteiger partial charge in [-0.3, -0.25) is 14.4 Å². The minimum atomic E-state index is -1.27. The Morgan fingerprint density at radius 2 is 1.80 bits per heavy atom. The Labute approximate surface area is 273 Å². The van der Waals surface area contributed by atoms with Gasteiger partial charge < -0.3 is 24.4 Å². The summed E-state index contributed by atoms with van der Waals surface area (Å²) in [6.45, 7) is 15.6. The fraction of sp³-hybridized carbons (Fsp3) is 0.500. The zero-order valence-electron chi connectivity index (χ0n) is 27.6. The number of aliphatic hydroxyl groups is 1. The number of unbranched alkanes of at least 4 members (excludes halogenated alkanes) is 2. The zero-order chi connectivity index (χ0) is 33.2. The van der Waals surface area contributed by atoms with E-state index in [1.54, 1.807) is 15.9 Å². The molecule has 3 unspecified atom stereocenters. The lowest BCUT2D eigenvalue weighted by molar-refractivity contribution is -0.162. The standard InChI is InChI=1S/C38H48N2O6/c1-7-9-10-14-21-45-36(44)31-30-34(42)40(29(24-41)22-28-18-12-11-13-19-28)33(38(30)23-27(5)37(31,6)46-38)35(43)39(20-8-2)32-25(3)16-15-17-26(32)4/h7-8,11-13,15-19,27,29-31,33,41H,1-2,9-10,14,20-24H2,3-6H3/t27?,29-,30+,31-,33?,37+,38?/m1/s1. The van der Waals surface area contributed by atoms with Crippen molar-refractivity contribution in [2.45, 2.75) is 83.1 Å². The lowest BCUT2D eigenvalue weighted by atomic mass is 9.62. The number of rotatable bonds is 14. The van der Waals surface area contributed by atoms with E-state index in [4.69, 9.17) is 9.47 Å². The van der Waals surface area contributed by atoms with E-state index in [1.807, 2.05) is 82.3 Å². The topological polar surface area (TPSA) is 96.4 Å². The van der Waals surface area contributed by atoms with Crippen LogP contribution in [0.1, 0.15) is 56.2 Å². The van der Waals surface area contributed by atoms with Crippen LogP contribution in [0.2, 0.25) is 0 Å². The Bertz CT molecular complexity index is 1450. The third-order valence-corrected chi connectivity index (χ3v) is 10.5. The predicted octanol–water partition coefficient (Wildman–Crippen LogP) is 5.34. The Hall–Kier alpha value is -3.75. The number of anilines is 1. The molecule has 3 aliphatic rings. The van der Waals surface area contributed by atoms with Crippen molar-refractivity contribution >= 4 is 23.5 Å². The van der Waals surface area contributed by atoms with E-state index in [9.17, 15) is 14.7 Å². The summed E-state index contributed by atoms with van der Waals surface area (Å²) in [7, 11) is 0. The van der Waals surface area contributed by atoms with Crippen molar-refractivity contribution in [2.75, 3.05) is 24.7 Å². The molecule has 0 radical (unpaired) electrons. The van der Waals surface area contributed by atoms with E-state index in [-0.39, 0.29) is 37.5 Å². The van der Waals surface area contributed by atoms with Crippen molar-refractivity contribution in [1.29, 1.82) is 0 Å². The Kier molecular flexibility index (Phi) is 9.89. The van der Waals surface area contributed by atoms with Crippen molar-refractivity contribution in [3.05, 3.63) is 90.5 Å². The fourth-order valence-electron chi connectivity index (χ4n) is 8.30. The molecule has 246 valence electrons. The molecule has 46 heavy (non-hydrogen) atoms. The van der Waals surface area contributed by atoms with Crippen LogP contribution in [0.4, 0.5) is 5.69 Å². The molecule has 3 heterocycles. The minimum Gasteiger partial charge on any atom is -0.465 e. The van der Waals surface area contributed by atoms with E-state index in [0.29, 0.717) is 19.3 Å². The average Bonchev–Trinajstić information content (AvgIpc) is 3.55. The maximum atomic E-state index is 15.2. The molecule has 0 aromatic heterocycles. The number of benzene rings is 2. The van der Waals surface area contributed by atoms with Crippen LogP contribution < -0.4 is 4.90 Å². The Morgan fingerprint density at radius 1 is 1.11 bits per heavy atom. The largest absolute Gasteiger partial charge is 0.465 e. The number of carbonyl (C=O) groups excluding carboxylic acids is 3. The summed E-state index contributed by atoms with van der Waals surface area (Å²) in [6, 6.07) is 13.7. The number of ether oxygens (including phenoxy) is 2. The summed E-state index contributed by atoms with van der Waals surface area (Å²) in [5, 5.41) is 10.8. The number of aryl methyl sites for hydroxylation is 2. The number of aliphatic hydroxyl groups excluding tert-OH is 1. The SMILES string of the molecule is C=CCCCCOC(=O)[C@H]1[C@H]2C(=O)N([C@@H](CO)Cc3ccccc3)C(C(=O)N(CC=C)c3c(C)cccc3C)C23CC(C)[C@]1(C)O3. The van der Waals surface area contributed by atoms with Gasteiger partial charge in [-0.2, -0.15) is 0 Å². The number of nitrogens with zero attached hydrogens (tertiary/aromatic N) is 2. The van der Waals surface area contributed by atoms with E-state index in [2.05, 4.69) is 13.2 Å². The summed E-state index contributed by atoms with van der Waals surface area (Å²) < 4.78 is 12.7. The van der Waals surface area contributed by atoms with Crippen LogP contribution in [-0.2, 0) is 30.3 Å². The van der Waals surface area contributed by atoms with Gasteiger partial charge in [-0.05, 0) is 75.5 Å². The number of para-hydroxylation sites is 1. The van der Waals surface area contributed by atoms with Crippen molar-refractivity contribution < 1.29 is 29.0 Å². The molecule has 8 heteroatoms. The normalized spacial score (nSPS) is 28.5. The summed E-state index contributed by atoms with van der Waals surface area (Å²) in [5.41, 5.74) is 1.25. The predicted molar refractivity (Wildman–Crippen MR) is 178 cm³/mol. The third-order valence-electron chi connectivity index (χ3n) is 10.5. The van der Waals surface area contributed by atoms with Gasteiger partial charge in [0.15, 0.2) is 0 Å². The van der Waals surface area contributed by atoms with Crippen LogP contribution in [0.5, 0.6) is 0 Å². The zero-order valence-corrected chi connectivity index (χ0v) is 27.6. The lowest BCUT2D eigenvalue weighted by Gasteiger charge is -2.40. The molecule has 0 saturated carbocycles. The monoisotopic (exact) mass is 628 g/mol. The van der Waals surface area contributed by atoms with E-state index in [0.717, 1.165) is 35.2 Å². The highest BCUT2D eigenvalue weighted by Gasteiger charge is 2.80. The van der Waals surface area contributed by atoms with Gasteiger partial charge in [0.2, 0.25) is 5.91 Å². The highest BCUT2D eigenvalue weighted by molar-refractivity contribution is 6.05. The molecule has 2 aromatic carbocycles. The molecule has 2 aromatic rings. The molecule has 3 saturated heterocycles. The smallest absolute Gasteiger partial charge is 0.312 e. The van der Waals surface area contributed by atoms with Crippen LogP contribution in [0.15, 0.2) is 73.8 Å². The number of carbonyl (C=O) groups is 3. The second kappa shape index (κ2) is 13.5. The van der Waals surface area contributed by atoms with Gasteiger partial charge in [0.25, 0.3) is 5.91 Å². The molecular weight excluding hydrogens is 580 g/mol. The van der Waals surface area contributed by atoms with Gasteiger partial charge in [-0.1, -0.05) is 67.6 Å². The Morgan fingerprint density at radius 3 is 2.43 bits per heavy atom. The average molecular weight is 629 g/mol. The second-order valence-corrected chi connectivity index (χ2v) is 13.4. The highest BCUT2D eigenvalue weighted by atomic mass is 16.6. The molecule has 1 N–H and O–H groups in total. The molecular formula is C38H48N2O6. The van der Waals surface area contributed by atoms with Crippen molar-refractivity contribution in [3.8, 4) is 0 Å². The van der Waals surface area contributed by atoms with Gasteiger partial charge in [0, 0.05) is 12.2 Å². The highest BCUT2D eigenvalue weighted by Crippen LogP contribution is 2.66. The third kappa shape index (κ3) is 5.60. The number of allylic oxidation sites excluding steroid dienone is 1. The first-order chi connectivity index (χ1) is 22.0. The first-order valence-corrected chi connectivity index (χ1v) is 16.5. The molecule has 8 nitrogen and oxygen atoms in total. The van der Waals surface area contributed by atoms with Crippen LogP contribution >= 0.6 is 0 Å². The maximum Gasteiger partial charge on any atom is 0.312 e. The number of hydrogen-bond acceptors (Lipinski definition) is 6. The van der Waals surface area contributed by atoms with Gasteiger partial charge in [-0.25, -0.2) is 0 Å². The van der Waals surface area contributed by atoms with Crippen LogP contribution in [-0.4, -0.2) is 70.8 Å². The molecule has 2 bridgehead atoms. The summed E-state index contributed by atoms with van der Waals surface area (Å²) in [5.74, 6) is -3.06. The van der Waals surface area contributed by atoms with Crippen molar-refractivity contribution in [1.82, 2.24) is 4.90 Å². The Balaban J connectivity index is 1.61. The first kappa shape index (κ1) is 33.6. The van der Waals surface area contributed by atoms with Crippen molar-refractivity contribution in [3.63, 3.8) is 0 Å². The van der Waals surface area contributed by atoms with Crippen LogP contribution in [0.3, 0.4) is 0 Å². The molecule has 2 amide bonds. The molecule has 3 fully saturated rings. The minimum absolute atomic E-state index is 0.125. The number of likely N-dealkylation sites (tertiary alicyclic amines) is 1. The van der Waals surface area contributed by atoms with Gasteiger partial charge >= 0.3 is 5.97 Å². The van der Waals surface area contributed by atoms with Crippen LogP contribution in [0, 0.1) is 31.6 Å². The second-order valence-electron chi connectivity index (χ2n) is 13.4. The van der Waals surface area contributed by atoms with E-state index in [1.165, 1.54) is 0 Å². The lowest BCUT2D eigenvalue weighted by Crippen LogP contribution is -2.59. The van der Waals surface area contributed by atoms with Gasteiger partial charge in [-0.15, -0.1) is 13.2 Å². The molecule has 1 spiro atoms. The fourth-order valence-corrected chi connectivity index (χ4v) is 8.30. The number of hydrogen-bond donors (Lipinski definition) is 1. The van der Waals surface area contributed by atoms with E-state index >= 15 is 4.79 Å².